The van der Waals surface area contributed by atoms with Crippen LogP contribution in [0.4, 0.5) is 5.69 Å². The van der Waals surface area contributed by atoms with E-state index in [9.17, 15) is 0 Å². The lowest BCUT2D eigenvalue weighted by molar-refractivity contribution is 0.706. The van der Waals surface area contributed by atoms with Crippen LogP contribution in [0.25, 0.3) is 10.8 Å². The van der Waals surface area contributed by atoms with Gasteiger partial charge in [0, 0.05) is 29.2 Å². The van der Waals surface area contributed by atoms with Crippen molar-refractivity contribution < 1.29 is 0 Å². The Labute approximate surface area is 114 Å². The van der Waals surface area contributed by atoms with E-state index >= 15 is 0 Å². The zero-order valence-electron chi connectivity index (χ0n) is 11.8. The van der Waals surface area contributed by atoms with E-state index in [0.717, 1.165) is 22.9 Å². The summed E-state index contributed by atoms with van der Waals surface area (Å²) < 4.78 is 0. The maximum atomic E-state index is 7.69. The molecule has 0 atom stereocenters. The molecule has 3 nitrogen and oxygen atoms in total. The summed E-state index contributed by atoms with van der Waals surface area (Å²) in [6.45, 7) is 7.50. The molecule has 0 aliphatic carbocycles. The van der Waals surface area contributed by atoms with Crippen molar-refractivity contribution >= 4 is 22.3 Å². The Morgan fingerprint density at radius 2 is 1.79 bits per heavy atom. The van der Waals surface area contributed by atoms with Gasteiger partial charge in [0.15, 0.2) is 0 Å². The lowest BCUT2D eigenvalue weighted by Crippen LogP contribution is -2.30. The summed E-state index contributed by atoms with van der Waals surface area (Å²) in [5.74, 6) is 0.121. The average molecular weight is 255 g/mol. The van der Waals surface area contributed by atoms with Crippen molar-refractivity contribution in [2.45, 2.75) is 26.8 Å². The standard InChI is InChI=1S/C16H21N3/c1-4-19(11(2)3)15-10-9-14(16(17)18)12-7-5-6-8-13(12)15/h5-11H,4H2,1-3H3,(H3,17,18). The molecule has 3 N–H and O–H groups in total. The van der Waals surface area contributed by atoms with Gasteiger partial charge in [0.1, 0.15) is 5.84 Å². The van der Waals surface area contributed by atoms with Crippen LogP contribution in [-0.4, -0.2) is 18.4 Å². The number of anilines is 1. The molecule has 0 amide bonds. The van der Waals surface area contributed by atoms with Gasteiger partial charge in [-0.2, -0.15) is 0 Å². The van der Waals surface area contributed by atoms with Crippen LogP contribution in [0.5, 0.6) is 0 Å². The SMILES string of the molecule is CCN(c1ccc(C(=N)N)c2ccccc12)C(C)C. The van der Waals surface area contributed by atoms with Crippen molar-refractivity contribution in [1.29, 1.82) is 5.41 Å². The van der Waals surface area contributed by atoms with Crippen molar-refractivity contribution in [3.8, 4) is 0 Å². The van der Waals surface area contributed by atoms with Crippen molar-refractivity contribution in [3.63, 3.8) is 0 Å². The Bertz CT molecular complexity index is 602. The predicted molar refractivity (Wildman–Crippen MR) is 83.1 cm³/mol. The van der Waals surface area contributed by atoms with Crippen LogP contribution in [0.3, 0.4) is 0 Å². The third kappa shape index (κ3) is 2.41. The number of benzene rings is 2. The van der Waals surface area contributed by atoms with Gasteiger partial charge in [-0.3, -0.25) is 5.41 Å². The molecule has 2 aromatic rings. The van der Waals surface area contributed by atoms with E-state index < -0.39 is 0 Å². The predicted octanol–water partition coefficient (Wildman–Crippen LogP) is 3.36. The Morgan fingerprint density at radius 3 is 2.32 bits per heavy atom. The lowest BCUT2D eigenvalue weighted by atomic mass is 10.0. The fourth-order valence-electron chi connectivity index (χ4n) is 2.58. The zero-order chi connectivity index (χ0) is 14.0. The van der Waals surface area contributed by atoms with Gasteiger partial charge in [0.25, 0.3) is 0 Å². The smallest absolute Gasteiger partial charge is 0.123 e. The highest BCUT2D eigenvalue weighted by atomic mass is 15.1. The second-order valence-electron chi connectivity index (χ2n) is 4.97. The summed E-state index contributed by atoms with van der Waals surface area (Å²) in [4.78, 5) is 2.35. The van der Waals surface area contributed by atoms with Crippen molar-refractivity contribution in [1.82, 2.24) is 0 Å². The quantitative estimate of drug-likeness (QED) is 0.650. The van der Waals surface area contributed by atoms with Crippen LogP contribution < -0.4 is 10.6 Å². The van der Waals surface area contributed by atoms with E-state index in [0.29, 0.717) is 6.04 Å². The van der Waals surface area contributed by atoms with E-state index in [1.807, 2.05) is 24.3 Å². The fourth-order valence-corrected chi connectivity index (χ4v) is 2.58. The molecule has 0 bridgehead atoms. The molecular weight excluding hydrogens is 234 g/mol. The summed E-state index contributed by atoms with van der Waals surface area (Å²) in [5.41, 5.74) is 7.68. The van der Waals surface area contributed by atoms with Gasteiger partial charge in [-0.15, -0.1) is 0 Å². The van der Waals surface area contributed by atoms with Crippen LogP contribution in [0.2, 0.25) is 0 Å². The first-order chi connectivity index (χ1) is 9.06. The van der Waals surface area contributed by atoms with Crippen LogP contribution in [-0.2, 0) is 0 Å². The first kappa shape index (κ1) is 13.4. The van der Waals surface area contributed by atoms with Crippen LogP contribution >= 0.6 is 0 Å². The monoisotopic (exact) mass is 255 g/mol. The average Bonchev–Trinajstić information content (AvgIpc) is 2.39. The number of rotatable bonds is 4. The Kier molecular flexibility index (Phi) is 3.74. The van der Waals surface area contributed by atoms with Crippen LogP contribution in [0.15, 0.2) is 36.4 Å². The van der Waals surface area contributed by atoms with Gasteiger partial charge in [0.2, 0.25) is 0 Å². The Morgan fingerprint density at radius 1 is 1.16 bits per heavy atom. The molecule has 0 spiro atoms. The fraction of sp³-hybridized carbons (Fsp3) is 0.312. The van der Waals surface area contributed by atoms with Gasteiger partial charge in [0.05, 0.1) is 0 Å². The molecule has 0 unspecified atom stereocenters. The number of amidine groups is 1. The molecule has 3 heteroatoms. The Hall–Kier alpha value is -2.03. The number of hydrogen-bond acceptors (Lipinski definition) is 2. The second kappa shape index (κ2) is 5.31. The first-order valence-corrected chi connectivity index (χ1v) is 6.69. The molecule has 0 fully saturated rings. The molecule has 0 saturated carbocycles. The molecule has 0 saturated heterocycles. The summed E-state index contributed by atoms with van der Waals surface area (Å²) in [6.07, 6.45) is 0. The van der Waals surface area contributed by atoms with E-state index in [-0.39, 0.29) is 5.84 Å². The van der Waals surface area contributed by atoms with Gasteiger partial charge in [-0.05, 0) is 38.3 Å². The highest BCUT2D eigenvalue weighted by Gasteiger charge is 2.14. The van der Waals surface area contributed by atoms with E-state index in [1.165, 1.54) is 5.69 Å². The topological polar surface area (TPSA) is 53.1 Å². The highest BCUT2D eigenvalue weighted by molar-refractivity contribution is 6.10. The number of nitrogens with zero attached hydrogens (tertiary/aromatic N) is 1. The molecule has 0 aliphatic heterocycles. The summed E-state index contributed by atoms with van der Waals surface area (Å²) >= 11 is 0. The number of nitrogens with two attached hydrogens (primary N) is 1. The van der Waals surface area contributed by atoms with Gasteiger partial charge in [-0.25, -0.2) is 0 Å². The van der Waals surface area contributed by atoms with Gasteiger partial charge >= 0.3 is 0 Å². The molecule has 19 heavy (non-hydrogen) atoms. The summed E-state index contributed by atoms with van der Waals surface area (Å²) in [6, 6.07) is 12.6. The van der Waals surface area contributed by atoms with Gasteiger partial charge < -0.3 is 10.6 Å². The third-order valence-corrected chi connectivity index (χ3v) is 3.46. The van der Waals surface area contributed by atoms with Crippen molar-refractivity contribution in [2.75, 3.05) is 11.4 Å². The largest absolute Gasteiger partial charge is 0.384 e. The van der Waals surface area contributed by atoms with E-state index in [2.05, 4.69) is 37.8 Å². The zero-order valence-corrected chi connectivity index (χ0v) is 11.8. The Balaban J connectivity index is 2.71. The van der Waals surface area contributed by atoms with Crippen LogP contribution in [0, 0.1) is 5.41 Å². The molecule has 0 aliphatic rings. The number of nitrogen functional groups attached to an aromatic ring is 1. The molecule has 2 rings (SSSR count). The third-order valence-electron chi connectivity index (χ3n) is 3.46. The number of hydrogen-bond donors (Lipinski definition) is 2. The summed E-state index contributed by atoms with van der Waals surface area (Å²) in [5, 5.41) is 9.89. The number of nitrogens with one attached hydrogen (secondary N) is 1. The maximum Gasteiger partial charge on any atom is 0.123 e. The van der Waals surface area contributed by atoms with Gasteiger partial charge in [-0.1, -0.05) is 24.3 Å². The minimum absolute atomic E-state index is 0.121. The minimum atomic E-state index is 0.121. The van der Waals surface area contributed by atoms with Crippen molar-refractivity contribution in [2.24, 2.45) is 5.73 Å². The van der Waals surface area contributed by atoms with Crippen molar-refractivity contribution in [3.05, 3.63) is 42.0 Å². The normalized spacial score (nSPS) is 10.9. The summed E-state index contributed by atoms with van der Waals surface area (Å²) in [7, 11) is 0. The molecule has 0 aromatic heterocycles. The number of fused-ring (bicyclic) bond motifs is 1. The highest BCUT2D eigenvalue weighted by Crippen LogP contribution is 2.30. The minimum Gasteiger partial charge on any atom is -0.384 e. The molecule has 2 aromatic carbocycles. The second-order valence-corrected chi connectivity index (χ2v) is 4.97. The molecule has 0 heterocycles. The maximum absolute atomic E-state index is 7.69. The molecule has 0 radical (unpaired) electrons. The lowest BCUT2D eigenvalue weighted by Gasteiger charge is -2.29. The van der Waals surface area contributed by atoms with Crippen LogP contribution in [0.1, 0.15) is 26.3 Å². The first-order valence-electron chi connectivity index (χ1n) is 6.69. The van der Waals surface area contributed by atoms with E-state index in [1.54, 1.807) is 0 Å². The van der Waals surface area contributed by atoms with E-state index in [4.69, 9.17) is 11.1 Å². The molecule has 100 valence electrons. The molecular formula is C16H21N3.